The normalized spacial score (nSPS) is 14.8. The van der Waals surface area contributed by atoms with Gasteiger partial charge in [0.25, 0.3) is 5.91 Å². The maximum atomic E-state index is 12.9. The molecule has 8 nitrogen and oxygen atoms in total. The summed E-state index contributed by atoms with van der Waals surface area (Å²) in [6.07, 6.45) is 5.40. The van der Waals surface area contributed by atoms with Gasteiger partial charge in [0.1, 0.15) is 17.3 Å². The first-order valence-corrected chi connectivity index (χ1v) is 10.2. The summed E-state index contributed by atoms with van der Waals surface area (Å²) < 4.78 is 1.78. The van der Waals surface area contributed by atoms with Crippen LogP contribution in [0, 0.1) is 11.3 Å². The number of nitrogens with zero attached hydrogens (tertiary/aromatic N) is 4. The maximum absolute atomic E-state index is 12.9. The van der Waals surface area contributed by atoms with Crippen LogP contribution in [0.1, 0.15) is 6.42 Å². The first-order chi connectivity index (χ1) is 15.0. The minimum atomic E-state index is -1.02. The number of imidazole rings is 1. The van der Waals surface area contributed by atoms with E-state index in [1.54, 1.807) is 21.6 Å². The van der Waals surface area contributed by atoms with Crippen LogP contribution in [0.4, 0.5) is 5.69 Å². The fourth-order valence-electron chi connectivity index (χ4n) is 3.42. The Kier molecular flexibility index (Phi) is 5.81. The number of anilines is 1. The van der Waals surface area contributed by atoms with Crippen molar-refractivity contribution in [3.63, 3.8) is 0 Å². The van der Waals surface area contributed by atoms with E-state index < -0.39 is 11.8 Å². The fourth-order valence-corrected chi connectivity index (χ4v) is 3.63. The summed E-state index contributed by atoms with van der Waals surface area (Å²) >= 11 is 6.39. The van der Waals surface area contributed by atoms with Crippen molar-refractivity contribution >= 4 is 46.7 Å². The number of nitrogens with one attached hydrogen (secondary N) is 2. The number of rotatable bonds is 6. The Balaban J connectivity index is 1.59. The van der Waals surface area contributed by atoms with Crippen molar-refractivity contribution in [2.24, 2.45) is 10.9 Å². The summed E-state index contributed by atoms with van der Waals surface area (Å²) in [6, 6.07) is 11.4. The number of likely N-dealkylation sites (tertiary alicyclic amines) is 1. The highest BCUT2D eigenvalue weighted by molar-refractivity contribution is 6.50. The second-order valence-corrected chi connectivity index (χ2v) is 7.59. The Labute approximate surface area is 184 Å². The largest absolute Gasteiger partial charge is 0.342 e. The second kappa shape index (κ2) is 8.69. The van der Waals surface area contributed by atoms with Gasteiger partial charge >= 0.3 is 0 Å². The van der Waals surface area contributed by atoms with Crippen LogP contribution in [0.15, 0.2) is 53.8 Å². The Bertz CT molecular complexity index is 1180. The summed E-state index contributed by atoms with van der Waals surface area (Å²) in [7, 11) is 1.43. The van der Waals surface area contributed by atoms with Gasteiger partial charge in [-0.05, 0) is 6.42 Å². The molecule has 1 saturated heterocycles. The molecule has 0 radical (unpaired) electrons. The minimum Gasteiger partial charge on any atom is -0.342 e. The molecule has 3 heterocycles. The van der Waals surface area contributed by atoms with Gasteiger partial charge in [0, 0.05) is 50.4 Å². The average molecular weight is 437 g/mol. The topological polar surface area (TPSA) is 103 Å². The van der Waals surface area contributed by atoms with Crippen LogP contribution in [-0.4, -0.2) is 58.2 Å². The molecule has 0 spiro atoms. The van der Waals surface area contributed by atoms with E-state index >= 15 is 0 Å². The van der Waals surface area contributed by atoms with Gasteiger partial charge in [-0.1, -0.05) is 41.9 Å². The van der Waals surface area contributed by atoms with Gasteiger partial charge in [0.2, 0.25) is 5.91 Å². The Hall–Kier alpha value is -3.52. The van der Waals surface area contributed by atoms with Gasteiger partial charge < -0.3 is 20.0 Å². The van der Waals surface area contributed by atoms with Crippen molar-refractivity contribution < 1.29 is 9.59 Å². The van der Waals surface area contributed by atoms with Crippen LogP contribution in [-0.2, 0) is 9.59 Å². The monoisotopic (exact) mass is 436 g/mol. The van der Waals surface area contributed by atoms with Gasteiger partial charge in [-0.3, -0.25) is 14.6 Å². The van der Waals surface area contributed by atoms with E-state index in [0.717, 1.165) is 23.9 Å². The van der Waals surface area contributed by atoms with E-state index in [1.807, 2.05) is 36.5 Å². The molecule has 1 atom stereocenters. The standard InChI is InChI=1S/C22H21ClN6O2/c1-25-20(15(11-24)22(31)28-8-5-9-28)21(30)27-17-10-19-26-18(13-29(19)12-16(17)23)14-6-3-2-4-7-14/h2-4,6-7,10-13,15,24H,5,8-9H2,1H3,(H,27,30). The van der Waals surface area contributed by atoms with E-state index in [0.29, 0.717) is 29.4 Å². The zero-order chi connectivity index (χ0) is 22.0. The number of aromatic nitrogens is 2. The van der Waals surface area contributed by atoms with E-state index in [4.69, 9.17) is 17.0 Å². The van der Waals surface area contributed by atoms with Crippen molar-refractivity contribution in [1.29, 1.82) is 5.41 Å². The van der Waals surface area contributed by atoms with E-state index in [-0.39, 0.29) is 11.6 Å². The number of amides is 2. The summed E-state index contributed by atoms with van der Waals surface area (Å²) in [4.78, 5) is 35.7. The summed E-state index contributed by atoms with van der Waals surface area (Å²) in [5.41, 5.74) is 2.67. The lowest BCUT2D eigenvalue weighted by Gasteiger charge is -2.33. The molecule has 0 aliphatic carbocycles. The first-order valence-electron chi connectivity index (χ1n) is 9.83. The van der Waals surface area contributed by atoms with E-state index in [2.05, 4.69) is 15.3 Å². The lowest BCUT2D eigenvalue weighted by molar-refractivity contribution is -0.135. The Morgan fingerprint density at radius 2 is 2.00 bits per heavy atom. The smallest absolute Gasteiger partial charge is 0.270 e. The molecular weight excluding hydrogens is 416 g/mol. The number of fused-ring (bicyclic) bond motifs is 1. The molecular formula is C22H21ClN6O2. The highest BCUT2D eigenvalue weighted by Crippen LogP contribution is 2.26. The highest BCUT2D eigenvalue weighted by Gasteiger charge is 2.33. The number of hydrogen-bond donors (Lipinski definition) is 2. The molecule has 1 aliphatic rings. The highest BCUT2D eigenvalue weighted by atomic mass is 35.5. The molecule has 0 bridgehead atoms. The van der Waals surface area contributed by atoms with Gasteiger partial charge in [-0.2, -0.15) is 0 Å². The van der Waals surface area contributed by atoms with E-state index in [1.165, 1.54) is 7.05 Å². The Morgan fingerprint density at radius 1 is 1.26 bits per heavy atom. The van der Waals surface area contributed by atoms with Crippen LogP contribution >= 0.6 is 11.6 Å². The third-order valence-corrected chi connectivity index (χ3v) is 5.53. The van der Waals surface area contributed by atoms with Crippen molar-refractivity contribution in [2.75, 3.05) is 25.5 Å². The molecule has 1 fully saturated rings. The molecule has 1 aliphatic heterocycles. The van der Waals surface area contributed by atoms with Crippen LogP contribution < -0.4 is 5.32 Å². The third kappa shape index (κ3) is 4.06. The number of pyridine rings is 1. The minimum absolute atomic E-state index is 0.0313. The van der Waals surface area contributed by atoms with Gasteiger partial charge in [0.15, 0.2) is 0 Å². The molecule has 158 valence electrons. The quantitative estimate of drug-likeness (QED) is 0.580. The Morgan fingerprint density at radius 3 is 2.61 bits per heavy atom. The molecule has 2 amide bonds. The first kappa shape index (κ1) is 20.7. The summed E-state index contributed by atoms with van der Waals surface area (Å²) in [5.74, 6) is -1.89. The zero-order valence-electron chi connectivity index (χ0n) is 16.9. The number of aliphatic imine (C=N–C) groups is 1. The van der Waals surface area contributed by atoms with Crippen molar-refractivity contribution in [3.8, 4) is 11.3 Å². The predicted octanol–water partition coefficient (Wildman–Crippen LogP) is 3.16. The molecule has 31 heavy (non-hydrogen) atoms. The van der Waals surface area contributed by atoms with Crippen LogP contribution in [0.3, 0.4) is 0 Å². The number of carbonyl (C=O) groups is 2. The number of benzene rings is 1. The molecule has 1 aromatic carbocycles. The summed E-state index contributed by atoms with van der Waals surface area (Å²) in [5, 5.41) is 10.7. The molecule has 9 heteroatoms. The number of halogens is 1. The lowest BCUT2D eigenvalue weighted by atomic mass is 10.00. The fraction of sp³-hybridized carbons (Fsp3) is 0.227. The van der Waals surface area contributed by atoms with Crippen LogP contribution in [0.2, 0.25) is 5.02 Å². The SMILES string of the molecule is CN=C(C(=O)Nc1cc2nc(-c3ccccc3)cn2cc1Cl)C(C=N)C(=O)N1CCC1. The zero-order valence-corrected chi connectivity index (χ0v) is 17.6. The molecule has 3 aromatic rings. The molecule has 2 N–H and O–H groups in total. The maximum Gasteiger partial charge on any atom is 0.270 e. The van der Waals surface area contributed by atoms with Crippen molar-refractivity contribution in [1.82, 2.24) is 14.3 Å². The van der Waals surface area contributed by atoms with E-state index in [9.17, 15) is 9.59 Å². The van der Waals surface area contributed by atoms with Crippen LogP contribution in [0.5, 0.6) is 0 Å². The molecule has 4 rings (SSSR count). The second-order valence-electron chi connectivity index (χ2n) is 7.18. The van der Waals surface area contributed by atoms with Crippen molar-refractivity contribution in [2.45, 2.75) is 6.42 Å². The number of hydrogen-bond acceptors (Lipinski definition) is 5. The summed E-state index contributed by atoms with van der Waals surface area (Å²) in [6.45, 7) is 1.27. The third-order valence-electron chi connectivity index (χ3n) is 5.23. The van der Waals surface area contributed by atoms with Crippen LogP contribution in [0.25, 0.3) is 16.9 Å². The molecule has 0 saturated carbocycles. The average Bonchev–Trinajstić information content (AvgIpc) is 3.14. The lowest BCUT2D eigenvalue weighted by Crippen LogP contribution is -2.49. The number of carbonyl (C=O) groups excluding carboxylic acids is 2. The predicted molar refractivity (Wildman–Crippen MR) is 121 cm³/mol. The molecule has 1 unspecified atom stereocenters. The van der Waals surface area contributed by atoms with Gasteiger partial charge in [-0.25, -0.2) is 4.98 Å². The van der Waals surface area contributed by atoms with Gasteiger partial charge in [-0.15, -0.1) is 0 Å². The molecule has 2 aromatic heterocycles. The van der Waals surface area contributed by atoms with Gasteiger partial charge in [0.05, 0.1) is 16.4 Å². The van der Waals surface area contributed by atoms with Crippen molar-refractivity contribution in [3.05, 3.63) is 53.8 Å².